The van der Waals surface area contributed by atoms with Crippen LogP contribution in [0, 0.1) is 5.92 Å². The van der Waals surface area contributed by atoms with Gasteiger partial charge in [-0.2, -0.15) is 13.2 Å². The van der Waals surface area contributed by atoms with E-state index in [0.29, 0.717) is 16.8 Å². The van der Waals surface area contributed by atoms with Crippen molar-refractivity contribution < 1.29 is 22.8 Å². The van der Waals surface area contributed by atoms with Crippen molar-refractivity contribution in [1.29, 1.82) is 0 Å². The molecule has 3 unspecified atom stereocenters. The van der Waals surface area contributed by atoms with E-state index in [0.717, 1.165) is 11.6 Å². The molecule has 2 aliphatic rings. The van der Waals surface area contributed by atoms with Crippen LogP contribution in [0.25, 0.3) is 10.9 Å². The van der Waals surface area contributed by atoms with Crippen LogP contribution in [-0.4, -0.2) is 29.0 Å². The molecule has 2 heterocycles. The van der Waals surface area contributed by atoms with Crippen LogP contribution in [0.4, 0.5) is 23.7 Å². The minimum atomic E-state index is -4.63. The van der Waals surface area contributed by atoms with Gasteiger partial charge in [0, 0.05) is 28.6 Å². The fourth-order valence-electron chi connectivity index (χ4n) is 4.81. The summed E-state index contributed by atoms with van der Waals surface area (Å²) in [5.74, 6) is -0.880. The molecule has 3 amide bonds. The monoisotopic (exact) mass is 474 g/mol. The lowest BCUT2D eigenvalue weighted by Crippen LogP contribution is -2.65. The van der Waals surface area contributed by atoms with Crippen molar-refractivity contribution in [2.45, 2.75) is 24.1 Å². The highest BCUT2D eigenvalue weighted by atomic mass is 35.5. The molecule has 1 aromatic heterocycles. The quantitative estimate of drug-likeness (QED) is 0.479. The van der Waals surface area contributed by atoms with Gasteiger partial charge < -0.3 is 10.6 Å². The molecular weight excluding hydrogens is 457 g/mol. The number of benzene rings is 2. The second-order valence-electron chi connectivity index (χ2n) is 8.30. The van der Waals surface area contributed by atoms with E-state index in [1.54, 1.807) is 6.07 Å². The van der Waals surface area contributed by atoms with Gasteiger partial charge in [0.05, 0.1) is 5.52 Å². The van der Waals surface area contributed by atoms with Gasteiger partial charge in [0.25, 0.3) is 5.91 Å². The van der Waals surface area contributed by atoms with E-state index < -0.39 is 29.3 Å². The van der Waals surface area contributed by atoms with Crippen molar-refractivity contribution in [3.05, 3.63) is 70.9 Å². The molecule has 0 radical (unpaired) electrons. The number of hydrogen-bond acceptors (Lipinski definition) is 4. The van der Waals surface area contributed by atoms with Gasteiger partial charge in [0.1, 0.15) is 11.2 Å². The first-order chi connectivity index (χ1) is 15.7. The summed E-state index contributed by atoms with van der Waals surface area (Å²) in [5, 5.41) is 8.89. The highest BCUT2D eigenvalue weighted by Gasteiger charge is 2.62. The Labute approximate surface area is 191 Å². The highest BCUT2D eigenvalue weighted by molar-refractivity contribution is 6.31. The molecule has 3 N–H and O–H groups in total. The fraction of sp³-hybridized carbons (Fsp3) is 0.261. The van der Waals surface area contributed by atoms with E-state index >= 15 is 0 Å². The molecule has 33 heavy (non-hydrogen) atoms. The number of fused-ring (bicyclic) bond motifs is 1. The number of carbonyl (C=O) groups excluding carboxylic acids is 2. The van der Waals surface area contributed by atoms with Crippen LogP contribution < -0.4 is 16.0 Å². The molecule has 3 atom stereocenters. The van der Waals surface area contributed by atoms with Gasteiger partial charge in [0.15, 0.2) is 0 Å². The average molecular weight is 475 g/mol. The van der Waals surface area contributed by atoms with Crippen molar-refractivity contribution in [1.82, 2.24) is 15.6 Å². The average Bonchev–Trinajstić information content (AvgIpc) is 3.07. The van der Waals surface area contributed by atoms with Crippen molar-refractivity contribution in [2.24, 2.45) is 5.92 Å². The first-order valence-corrected chi connectivity index (χ1v) is 10.6. The van der Waals surface area contributed by atoms with Gasteiger partial charge in [-0.15, -0.1) is 0 Å². The Morgan fingerprint density at radius 2 is 1.88 bits per heavy atom. The predicted molar refractivity (Wildman–Crippen MR) is 117 cm³/mol. The number of alkyl halides is 3. The minimum absolute atomic E-state index is 0.0679. The number of anilines is 1. The summed E-state index contributed by atoms with van der Waals surface area (Å²) in [6.07, 6.45) is -4.23. The molecule has 1 saturated carbocycles. The van der Waals surface area contributed by atoms with Gasteiger partial charge in [-0.1, -0.05) is 41.9 Å². The van der Waals surface area contributed by atoms with Crippen molar-refractivity contribution in [3.8, 4) is 0 Å². The zero-order valence-electron chi connectivity index (χ0n) is 17.0. The van der Waals surface area contributed by atoms with E-state index in [9.17, 15) is 22.8 Å². The molecule has 1 aliphatic carbocycles. The van der Waals surface area contributed by atoms with Crippen LogP contribution in [0.1, 0.15) is 23.6 Å². The van der Waals surface area contributed by atoms with Crippen LogP contribution in [0.15, 0.2) is 54.6 Å². The first kappa shape index (κ1) is 21.5. The predicted octanol–water partition coefficient (Wildman–Crippen LogP) is 4.70. The Morgan fingerprint density at radius 1 is 1.12 bits per heavy atom. The summed E-state index contributed by atoms with van der Waals surface area (Å²) < 4.78 is 40.4. The van der Waals surface area contributed by atoms with Crippen molar-refractivity contribution in [2.75, 3.05) is 11.9 Å². The molecular formula is C23H18ClF3N4O2. The van der Waals surface area contributed by atoms with E-state index in [2.05, 4.69) is 20.9 Å². The number of carbonyl (C=O) groups is 2. The summed E-state index contributed by atoms with van der Waals surface area (Å²) in [6, 6.07) is 14.3. The van der Waals surface area contributed by atoms with Crippen LogP contribution >= 0.6 is 11.6 Å². The third kappa shape index (κ3) is 3.66. The molecule has 170 valence electrons. The Bertz CT molecular complexity index is 1270. The normalized spacial score (nSPS) is 24.5. The van der Waals surface area contributed by atoms with Gasteiger partial charge in [-0.05, 0) is 42.2 Å². The molecule has 2 fully saturated rings. The number of nitrogens with one attached hydrogen (secondary N) is 3. The zero-order chi connectivity index (χ0) is 23.4. The second-order valence-corrected chi connectivity index (χ2v) is 8.74. The molecule has 1 aliphatic heterocycles. The van der Waals surface area contributed by atoms with E-state index in [4.69, 9.17) is 11.6 Å². The van der Waals surface area contributed by atoms with Crippen LogP contribution in [-0.2, 0) is 11.0 Å². The number of amides is 3. The summed E-state index contributed by atoms with van der Waals surface area (Å²) in [5.41, 5.74) is -0.810. The van der Waals surface area contributed by atoms with Crippen molar-refractivity contribution in [3.63, 3.8) is 0 Å². The Morgan fingerprint density at radius 3 is 2.55 bits per heavy atom. The van der Waals surface area contributed by atoms with Gasteiger partial charge in [-0.3, -0.25) is 10.1 Å². The number of halogens is 4. The second kappa shape index (κ2) is 7.62. The lowest BCUT2D eigenvalue weighted by Gasteiger charge is -2.51. The van der Waals surface area contributed by atoms with Crippen LogP contribution in [0.3, 0.4) is 0 Å². The topological polar surface area (TPSA) is 83.1 Å². The third-order valence-corrected chi connectivity index (χ3v) is 6.67. The number of pyridine rings is 1. The number of aromatic nitrogens is 1. The molecule has 1 saturated heterocycles. The van der Waals surface area contributed by atoms with Gasteiger partial charge in [0.2, 0.25) is 0 Å². The number of urea groups is 1. The molecule has 0 bridgehead atoms. The molecule has 6 nitrogen and oxygen atoms in total. The number of rotatable bonds is 4. The van der Waals surface area contributed by atoms with E-state index in [1.807, 2.05) is 30.3 Å². The lowest BCUT2D eigenvalue weighted by molar-refractivity contribution is -0.140. The SMILES string of the molecule is O=C1NC(=O)C2(CC(c3ccccc3)C2CNc2cc(C(F)(F)F)nc3ccc(Cl)cc23)N1. The maximum atomic E-state index is 13.5. The zero-order valence-corrected chi connectivity index (χ0v) is 17.8. The Balaban J connectivity index is 1.51. The highest BCUT2D eigenvalue weighted by Crippen LogP contribution is 2.51. The van der Waals surface area contributed by atoms with Gasteiger partial charge in [-0.25, -0.2) is 9.78 Å². The summed E-state index contributed by atoms with van der Waals surface area (Å²) >= 11 is 6.08. The standard InChI is InChI=1S/C23H18ClF3N4O2/c24-13-6-7-17-14(8-13)18(9-19(29-17)23(25,26)27)28-11-16-15(12-4-2-1-3-5-12)10-22(16)20(32)30-21(33)31-22/h1-9,15-16H,10-11H2,(H,28,29)(H2,30,31,32,33). The van der Waals surface area contributed by atoms with E-state index in [1.165, 1.54) is 12.1 Å². The molecule has 1 spiro atoms. The van der Waals surface area contributed by atoms with Crippen LogP contribution in [0.2, 0.25) is 5.02 Å². The van der Waals surface area contributed by atoms with Crippen molar-refractivity contribution >= 4 is 40.1 Å². The maximum absolute atomic E-state index is 13.5. The number of nitrogens with zero attached hydrogens (tertiary/aromatic N) is 1. The molecule has 5 rings (SSSR count). The van der Waals surface area contributed by atoms with E-state index in [-0.39, 0.29) is 29.6 Å². The Kier molecular flexibility index (Phi) is 4.97. The third-order valence-electron chi connectivity index (χ3n) is 6.43. The smallest absolute Gasteiger partial charge is 0.384 e. The first-order valence-electron chi connectivity index (χ1n) is 10.3. The molecule has 3 aromatic rings. The Hall–Kier alpha value is -3.33. The minimum Gasteiger partial charge on any atom is -0.384 e. The van der Waals surface area contributed by atoms with Crippen LogP contribution in [0.5, 0.6) is 0 Å². The molecule has 2 aromatic carbocycles. The fourth-order valence-corrected chi connectivity index (χ4v) is 4.98. The number of imide groups is 1. The number of hydrogen-bond donors (Lipinski definition) is 3. The summed E-state index contributed by atoms with van der Waals surface area (Å²) in [7, 11) is 0. The van der Waals surface area contributed by atoms with Gasteiger partial charge >= 0.3 is 12.2 Å². The lowest BCUT2D eigenvalue weighted by atomic mass is 9.56. The summed E-state index contributed by atoms with van der Waals surface area (Å²) in [4.78, 5) is 28.2. The largest absolute Gasteiger partial charge is 0.433 e. The molecule has 10 heteroatoms. The maximum Gasteiger partial charge on any atom is 0.433 e. The summed E-state index contributed by atoms with van der Waals surface area (Å²) in [6.45, 7) is 0.149.